The predicted octanol–water partition coefficient (Wildman–Crippen LogP) is 1.13. The number of hydrogen-bond donors (Lipinski definition) is 1. The summed E-state index contributed by atoms with van der Waals surface area (Å²) in [6.45, 7) is 0.555. The lowest BCUT2D eigenvalue weighted by Gasteiger charge is -2.24. The van der Waals surface area contributed by atoms with Gasteiger partial charge in [0.25, 0.3) is 11.8 Å². The second-order valence-corrected chi connectivity index (χ2v) is 8.03. The van der Waals surface area contributed by atoms with E-state index >= 15 is 0 Å². The lowest BCUT2D eigenvalue weighted by Crippen LogP contribution is -2.34. The number of nitrogens with zero attached hydrogens (tertiary/aromatic N) is 4. The van der Waals surface area contributed by atoms with Crippen molar-refractivity contribution in [3.8, 4) is 0 Å². The van der Waals surface area contributed by atoms with Gasteiger partial charge >= 0.3 is 0 Å². The minimum absolute atomic E-state index is 0.0258. The molecular formula is C22H25N5O4. The van der Waals surface area contributed by atoms with Crippen LogP contribution in [-0.4, -0.2) is 63.1 Å². The van der Waals surface area contributed by atoms with E-state index in [2.05, 4.69) is 10.3 Å². The molecule has 31 heavy (non-hydrogen) atoms. The van der Waals surface area contributed by atoms with E-state index in [0.29, 0.717) is 30.5 Å². The number of benzene rings is 1. The number of amides is 4. The molecule has 1 fully saturated rings. The van der Waals surface area contributed by atoms with Crippen molar-refractivity contribution in [1.29, 1.82) is 0 Å². The van der Waals surface area contributed by atoms with Crippen LogP contribution < -0.4 is 5.32 Å². The van der Waals surface area contributed by atoms with Crippen molar-refractivity contribution >= 4 is 23.6 Å². The molecule has 1 N–H and O–H groups in total. The van der Waals surface area contributed by atoms with Crippen LogP contribution in [0.1, 0.15) is 51.8 Å². The Bertz CT molecular complexity index is 1010. The Morgan fingerprint density at radius 2 is 1.81 bits per heavy atom. The van der Waals surface area contributed by atoms with Gasteiger partial charge in [-0.05, 0) is 18.6 Å². The van der Waals surface area contributed by atoms with Gasteiger partial charge in [0.15, 0.2) is 0 Å². The van der Waals surface area contributed by atoms with Gasteiger partial charge in [0, 0.05) is 58.3 Å². The summed E-state index contributed by atoms with van der Waals surface area (Å²) in [6, 6.07) is 6.54. The highest BCUT2D eigenvalue weighted by atomic mass is 16.2. The van der Waals surface area contributed by atoms with E-state index in [1.807, 2.05) is 17.8 Å². The molecule has 1 saturated heterocycles. The van der Waals surface area contributed by atoms with Gasteiger partial charge in [-0.3, -0.25) is 24.1 Å². The van der Waals surface area contributed by atoms with Crippen molar-refractivity contribution in [2.75, 3.05) is 20.1 Å². The fourth-order valence-corrected chi connectivity index (χ4v) is 4.35. The second-order valence-electron chi connectivity index (χ2n) is 8.03. The summed E-state index contributed by atoms with van der Waals surface area (Å²) in [4.78, 5) is 56.6. The monoisotopic (exact) mass is 423 g/mol. The molecule has 2 atom stereocenters. The maximum Gasteiger partial charge on any atom is 0.261 e. The summed E-state index contributed by atoms with van der Waals surface area (Å²) in [6.07, 6.45) is 4.45. The van der Waals surface area contributed by atoms with Crippen LogP contribution in [0.15, 0.2) is 36.7 Å². The molecule has 3 heterocycles. The first-order chi connectivity index (χ1) is 14.9. The van der Waals surface area contributed by atoms with Crippen molar-refractivity contribution in [1.82, 2.24) is 24.7 Å². The molecule has 4 rings (SSSR count). The molecule has 1 aromatic carbocycles. The Hall–Kier alpha value is -3.49. The SMILES string of the molecule is CN1C(=O)C[C@@H](CNC(=O)CCCN2C(=O)c3ccccc3C2=O)[C@@H]1c1nccn1C. The molecule has 2 aromatic rings. The van der Waals surface area contributed by atoms with E-state index in [4.69, 9.17) is 0 Å². The maximum absolute atomic E-state index is 12.4. The van der Waals surface area contributed by atoms with Crippen LogP contribution in [0.4, 0.5) is 0 Å². The van der Waals surface area contributed by atoms with E-state index in [1.165, 1.54) is 4.90 Å². The second kappa shape index (κ2) is 8.33. The van der Waals surface area contributed by atoms with Gasteiger partial charge in [-0.25, -0.2) is 4.98 Å². The summed E-state index contributed by atoms with van der Waals surface area (Å²) in [5.41, 5.74) is 0.819. The highest BCUT2D eigenvalue weighted by Gasteiger charge is 2.40. The first kappa shape index (κ1) is 20.8. The van der Waals surface area contributed by atoms with E-state index in [-0.39, 0.29) is 48.6 Å². The number of carbonyl (C=O) groups excluding carboxylic acids is 4. The van der Waals surface area contributed by atoms with Crippen LogP contribution >= 0.6 is 0 Å². The number of aromatic nitrogens is 2. The van der Waals surface area contributed by atoms with Crippen LogP contribution in [0.5, 0.6) is 0 Å². The Kier molecular flexibility index (Phi) is 5.58. The van der Waals surface area contributed by atoms with Crippen molar-refractivity contribution in [3.63, 3.8) is 0 Å². The molecule has 162 valence electrons. The average Bonchev–Trinajstić information content (AvgIpc) is 3.37. The smallest absolute Gasteiger partial charge is 0.261 e. The zero-order valence-corrected chi connectivity index (χ0v) is 17.6. The van der Waals surface area contributed by atoms with Gasteiger partial charge in [-0.2, -0.15) is 0 Å². The van der Waals surface area contributed by atoms with Crippen LogP contribution in [-0.2, 0) is 16.6 Å². The highest BCUT2D eigenvalue weighted by Crippen LogP contribution is 2.35. The Morgan fingerprint density at radius 1 is 1.13 bits per heavy atom. The summed E-state index contributed by atoms with van der Waals surface area (Å²) >= 11 is 0. The topological polar surface area (TPSA) is 105 Å². The third kappa shape index (κ3) is 3.83. The third-order valence-electron chi connectivity index (χ3n) is 6.04. The number of carbonyl (C=O) groups is 4. The van der Waals surface area contributed by atoms with E-state index in [1.54, 1.807) is 42.4 Å². The maximum atomic E-state index is 12.4. The molecule has 0 radical (unpaired) electrons. The number of fused-ring (bicyclic) bond motifs is 1. The third-order valence-corrected chi connectivity index (χ3v) is 6.04. The number of nitrogens with one attached hydrogen (secondary N) is 1. The van der Waals surface area contributed by atoms with Gasteiger partial charge < -0.3 is 14.8 Å². The van der Waals surface area contributed by atoms with Crippen molar-refractivity contribution < 1.29 is 19.2 Å². The number of rotatable bonds is 7. The number of likely N-dealkylation sites (tertiary alicyclic amines) is 1. The highest BCUT2D eigenvalue weighted by molar-refractivity contribution is 6.21. The van der Waals surface area contributed by atoms with E-state index in [9.17, 15) is 19.2 Å². The zero-order valence-electron chi connectivity index (χ0n) is 17.6. The van der Waals surface area contributed by atoms with Crippen molar-refractivity contribution in [2.45, 2.75) is 25.3 Å². The van der Waals surface area contributed by atoms with Gasteiger partial charge in [-0.15, -0.1) is 0 Å². The zero-order chi connectivity index (χ0) is 22.1. The molecule has 1 aromatic heterocycles. The Balaban J connectivity index is 1.28. The minimum atomic E-state index is -0.313. The quantitative estimate of drug-likeness (QED) is 0.673. The minimum Gasteiger partial charge on any atom is -0.356 e. The first-order valence-electron chi connectivity index (χ1n) is 10.3. The largest absolute Gasteiger partial charge is 0.356 e. The van der Waals surface area contributed by atoms with Gasteiger partial charge in [0.1, 0.15) is 5.82 Å². The van der Waals surface area contributed by atoms with Crippen LogP contribution in [0.25, 0.3) is 0 Å². The lowest BCUT2D eigenvalue weighted by atomic mass is 9.99. The fraction of sp³-hybridized carbons (Fsp3) is 0.409. The van der Waals surface area contributed by atoms with Crippen LogP contribution in [0.3, 0.4) is 0 Å². The van der Waals surface area contributed by atoms with E-state index in [0.717, 1.165) is 5.82 Å². The molecule has 0 saturated carbocycles. The Morgan fingerprint density at radius 3 is 2.42 bits per heavy atom. The number of imide groups is 1. The molecule has 9 nitrogen and oxygen atoms in total. The molecule has 2 aliphatic heterocycles. The number of imidazole rings is 1. The summed E-state index contributed by atoms with van der Waals surface area (Å²) in [5, 5.41) is 2.90. The van der Waals surface area contributed by atoms with E-state index < -0.39 is 0 Å². The standard InChI is InChI=1S/C22H25N5O4/c1-25-11-9-23-20(25)19-14(12-18(29)26(19)2)13-24-17(28)8-5-10-27-21(30)15-6-3-4-7-16(15)22(27)31/h3-4,6-7,9,11,14,19H,5,8,10,12-13H2,1-2H3,(H,24,28)/t14-,19+/m0/s1. The van der Waals surface area contributed by atoms with Crippen molar-refractivity contribution in [3.05, 3.63) is 53.6 Å². The summed E-state index contributed by atoms with van der Waals surface area (Å²) in [7, 11) is 3.64. The molecule has 4 amide bonds. The van der Waals surface area contributed by atoms with Gasteiger partial charge in [0.2, 0.25) is 11.8 Å². The van der Waals surface area contributed by atoms with Crippen LogP contribution in [0, 0.1) is 5.92 Å². The first-order valence-corrected chi connectivity index (χ1v) is 10.3. The lowest BCUT2D eigenvalue weighted by molar-refractivity contribution is -0.127. The average molecular weight is 423 g/mol. The molecule has 9 heteroatoms. The Labute approximate surface area is 180 Å². The normalized spacial score (nSPS) is 20.5. The molecule has 2 aliphatic rings. The molecule has 0 aliphatic carbocycles. The summed E-state index contributed by atoms with van der Waals surface area (Å²) < 4.78 is 1.89. The molecule has 0 unspecified atom stereocenters. The van der Waals surface area contributed by atoms with Gasteiger partial charge in [0.05, 0.1) is 17.2 Å². The number of aryl methyl sites for hydroxylation is 1. The predicted molar refractivity (Wildman–Crippen MR) is 111 cm³/mol. The molecule has 0 spiro atoms. The molecular weight excluding hydrogens is 398 g/mol. The van der Waals surface area contributed by atoms with Crippen molar-refractivity contribution in [2.24, 2.45) is 13.0 Å². The summed E-state index contributed by atoms with van der Waals surface area (Å²) in [5.74, 6) is -0.0510. The molecule has 0 bridgehead atoms. The van der Waals surface area contributed by atoms with Crippen LogP contribution in [0.2, 0.25) is 0 Å². The van der Waals surface area contributed by atoms with Gasteiger partial charge in [-0.1, -0.05) is 12.1 Å². The number of hydrogen-bond acceptors (Lipinski definition) is 5. The fourth-order valence-electron chi connectivity index (χ4n) is 4.35.